The molecule has 4 aromatic rings. The van der Waals surface area contributed by atoms with Crippen LogP contribution in [0.2, 0.25) is 5.02 Å². The third-order valence-electron chi connectivity index (χ3n) is 6.31. The second-order valence-corrected chi connectivity index (χ2v) is 9.82. The number of benzene rings is 2. The highest BCUT2D eigenvalue weighted by Crippen LogP contribution is 2.25. The van der Waals surface area contributed by atoms with Crippen LogP contribution >= 0.6 is 11.6 Å². The molecule has 0 unspecified atom stereocenters. The number of pyridine rings is 1. The van der Waals surface area contributed by atoms with Gasteiger partial charge in [0, 0.05) is 43.2 Å². The highest BCUT2D eigenvalue weighted by atomic mass is 35.5. The van der Waals surface area contributed by atoms with Crippen molar-refractivity contribution in [2.75, 3.05) is 0 Å². The van der Waals surface area contributed by atoms with Crippen molar-refractivity contribution >= 4 is 17.5 Å². The molecule has 0 aliphatic rings. The standard InChI is InChI=1S/C30H31ClN4O2/c1-20(2)35(30(37)25-18-32-14-12-21(25)3)19-23-7-4-8-24(16-23)27-13-15-33-29(34-27)9-5-6-22-10-11-28(36)26(31)17-22/h4,7-8,10-18,20,36H,5-6,9,19H2,1-3H3. The molecule has 0 saturated heterocycles. The topological polar surface area (TPSA) is 79.2 Å². The summed E-state index contributed by atoms with van der Waals surface area (Å²) in [5, 5.41) is 9.96. The van der Waals surface area contributed by atoms with Crippen molar-refractivity contribution in [1.29, 1.82) is 0 Å². The van der Waals surface area contributed by atoms with Gasteiger partial charge < -0.3 is 10.0 Å². The fourth-order valence-corrected chi connectivity index (χ4v) is 4.40. The molecule has 2 aromatic heterocycles. The molecule has 0 saturated carbocycles. The van der Waals surface area contributed by atoms with Crippen LogP contribution in [-0.4, -0.2) is 36.9 Å². The average Bonchev–Trinajstić information content (AvgIpc) is 2.89. The van der Waals surface area contributed by atoms with Crippen molar-refractivity contribution in [2.45, 2.75) is 52.6 Å². The number of hydrogen-bond acceptors (Lipinski definition) is 5. The summed E-state index contributed by atoms with van der Waals surface area (Å²) in [4.78, 5) is 28.5. The maximum Gasteiger partial charge on any atom is 0.256 e. The third-order valence-corrected chi connectivity index (χ3v) is 6.62. The molecule has 7 heteroatoms. The van der Waals surface area contributed by atoms with E-state index in [0.29, 0.717) is 17.1 Å². The molecular formula is C30H31ClN4O2. The summed E-state index contributed by atoms with van der Waals surface area (Å²) in [6.07, 6.45) is 7.54. The lowest BCUT2D eigenvalue weighted by Crippen LogP contribution is -2.36. The number of aromatic hydroxyl groups is 1. The van der Waals surface area contributed by atoms with E-state index in [1.807, 2.05) is 62.1 Å². The molecule has 0 aliphatic heterocycles. The lowest BCUT2D eigenvalue weighted by Gasteiger charge is -2.27. The first kappa shape index (κ1) is 26.3. The third kappa shape index (κ3) is 6.71. The molecule has 0 atom stereocenters. The van der Waals surface area contributed by atoms with Crippen molar-refractivity contribution in [2.24, 2.45) is 0 Å². The number of hydrogen-bond donors (Lipinski definition) is 1. The van der Waals surface area contributed by atoms with E-state index in [0.717, 1.165) is 53.0 Å². The Balaban J connectivity index is 1.46. The number of halogens is 1. The largest absolute Gasteiger partial charge is 0.506 e. The second kappa shape index (κ2) is 12.0. The predicted molar refractivity (Wildman–Crippen MR) is 147 cm³/mol. The van der Waals surface area contributed by atoms with E-state index in [1.165, 1.54) is 0 Å². The second-order valence-electron chi connectivity index (χ2n) is 9.42. The summed E-state index contributed by atoms with van der Waals surface area (Å²) in [6.45, 7) is 6.47. The van der Waals surface area contributed by atoms with E-state index in [-0.39, 0.29) is 17.7 Å². The van der Waals surface area contributed by atoms with Crippen LogP contribution in [0.4, 0.5) is 0 Å². The Morgan fingerprint density at radius 2 is 1.86 bits per heavy atom. The van der Waals surface area contributed by atoms with E-state index < -0.39 is 0 Å². The van der Waals surface area contributed by atoms with Gasteiger partial charge in [-0.1, -0.05) is 35.9 Å². The molecule has 0 spiro atoms. The SMILES string of the molecule is Cc1ccncc1C(=O)N(Cc1cccc(-c2ccnc(CCCc3ccc(O)c(Cl)c3)n2)c1)C(C)C. The van der Waals surface area contributed by atoms with Gasteiger partial charge in [-0.05, 0) is 80.6 Å². The van der Waals surface area contributed by atoms with Crippen LogP contribution in [0.3, 0.4) is 0 Å². The van der Waals surface area contributed by atoms with Gasteiger partial charge in [-0.3, -0.25) is 9.78 Å². The minimum atomic E-state index is -0.0229. The Labute approximate surface area is 223 Å². The van der Waals surface area contributed by atoms with Gasteiger partial charge in [0.1, 0.15) is 11.6 Å². The van der Waals surface area contributed by atoms with E-state index in [4.69, 9.17) is 16.6 Å². The number of carbonyl (C=O) groups excluding carboxylic acids is 1. The van der Waals surface area contributed by atoms with E-state index in [9.17, 15) is 9.90 Å². The van der Waals surface area contributed by atoms with Gasteiger partial charge in [-0.25, -0.2) is 9.97 Å². The van der Waals surface area contributed by atoms with Gasteiger partial charge in [0.05, 0.1) is 16.3 Å². The van der Waals surface area contributed by atoms with Gasteiger partial charge in [-0.15, -0.1) is 0 Å². The summed E-state index contributed by atoms with van der Waals surface area (Å²) in [5.74, 6) is 0.848. The van der Waals surface area contributed by atoms with Crippen LogP contribution in [0.5, 0.6) is 5.75 Å². The maximum atomic E-state index is 13.3. The zero-order chi connectivity index (χ0) is 26.4. The normalized spacial score (nSPS) is 11.1. The van der Waals surface area contributed by atoms with Gasteiger partial charge in [0.25, 0.3) is 5.91 Å². The van der Waals surface area contributed by atoms with Crippen molar-refractivity contribution in [3.8, 4) is 17.0 Å². The van der Waals surface area contributed by atoms with Crippen LogP contribution in [-0.2, 0) is 19.4 Å². The van der Waals surface area contributed by atoms with Gasteiger partial charge in [0.2, 0.25) is 0 Å². The number of aryl methyl sites for hydroxylation is 3. The first-order valence-corrected chi connectivity index (χ1v) is 12.8. The summed E-state index contributed by atoms with van der Waals surface area (Å²) in [5.41, 5.74) is 5.48. The lowest BCUT2D eigenvalue weighted by molar-refractivity contribution is 0.0689. The Kier molecular flexibility index (Phi) is 8.51. The number of phenolic OH excluding ortho intramolecular Hbond substituents is 1. The van der Waals surface area contributed by atoms with Crippen molar-refractivity contribution in [3.63, 3.8) is 0 Å². The molecule has 0 fully saturated rings. The van der Waals surface area contributed by atoms with Crippen LogP contribution in [0.15, 0.2) is 73.2 Å². The van der Waals surface area contributed by atoms with Crippen molar-refractivity contribution in [1.82, 2.24) is 19.9 Å². The Hall–Kier alpha value is -3.77. The average molecular weight is 515 g/mol. The first-order chi connectivity index (χ1) is 17.8. The summed E-state index contributed by atoms with van der Waals surface area (Å²) in [7, 11) is 0. The molecule has 1 N–H and O–H groups in total. The fraction of sp³-hybridized carbons (Fsp3) is 0.267. The summed E-state index contributed by atoms with van der Waals surface area (Å²) in [6, 6.07) is 17.2. The first-order valence-electron chi connectivity index (χ1n) is 12.4. The molecular weight excluding hydrogens is 484 g/mol. The number of nitrogens with zero attached hydrogens (tertiary/aromatic N) is 4. The molecule has 6 nitrogen and oxygen atoms in total. The monoisotopic (exact) mass is 514 g/mol. The highest BCUT2D eigenvalue weighted by molar-refractivity contribution is 6.32. The Morgan fingerprint density at radius 3 is 2.62 bits per heavy atom. The van der Waals surface area contributed by atoms with Gasteiger partial charge in [-0.2, -0.15) is 0 Å². The minimum Gasteiger partial charge on any atom is -0.506 e. The number of carbonyl (C=O) groups is 1. The fourth-order valence-electron chi connectivity index (χ4n) is 4.19. The van der Waals surface area contributed by atoms with Crippen molar-refractivity contribution in [3.05, 3.63) is 106 Å². The maximum absolute atomic E-state index is 13.3. The summed E-state index contributed by atoms with van der Waals surface area (Å²) < 4.78 is 0. The molecule has 0 aliphatic carbocycles. The van der Waals surface area contributed by atoms with E-state index in [1.54, 1.807) is 30.7 Å². The molecule has 37 heavy (non-hydrogen) atoms. The zero-order valence-electron chi connectivity index (χ0n) is 21.4. The Morgan fingerprint density at radius 1 is 1.03 bits per heavy atom. The van der Waals surface area contributed by atoms with Gasteiger partial charge >= 0.3 is 0 Å². The van der Waals surface area contributed by atoms with Crippen LogP contribution in [0.25, 0.3) is 11.3 Å². The summed E-state index contributed by atoms with van der Waals surface area (Å²) >= 11 is 6.02. The van der Waals surface area contributed by atoms with Gasteiger partial charge in [0.15, 0.2) is 0 Å². The molecule has 2 aromatic carbocycles. The smallest absolute Gasteiger partial charge is 0.256 e. The zero-order valence-corrected chi connectivity index (χ0v) is 22.1. The van der Waals surface area contributed by atoms with E-state index in [2.05, 4.69) is 16.0 Å². The van der Waals surface area contributed by atoms with Crippen LogP contribution < -0.4 is 0 Å². The molecule has 0 bridgehead atoms. The number of phenols is 1. The quantitative estimate of drug-likeness (QED) is 0.278. The Bertz CT molecular complexity index is 1390. The van der Waals surface area contributed by atoms with Crippen LogP contribution in [0, 0.1) is 6.92 Å². The molecule has 4 rings (SSSR count). The predicted octanol–water partition coefficient (Wildman–Crippen LogP) is 6.43. The number of amides is 1. The number of aromatic nitrogens is 3. The molecule has 190 valence electrons. The molecule has 1 amide bonds. The van der Waals surface area contributed by atoms with Crippen molar-refractivity contribution < 1.29 is 9.90 Å². The van der Waals surface area contributed by atoms with E-state index >= 15 is 0 Å². The lowest BCUT2D eigenvalue weighted by atomic mass is 10.1. The minimum absolute atomic E-state index is 0.0229. The number of rotatable bonds is 9. The highest BCUT2D eigenvalue weighted by Gasteiger charge is 2.21. The van der Waals surface area contributed by atoms with Crippen LogP contribution in [0.1, 0.15) is 53.1 Å². The molecule has 2 heterocycles. The molecule has 0 radical (unpaired) electrons.